The molecule has 8 heteroatoms. The van der Waals surface area contributed by atoms with Crippen molar-refractivity contribution < 1.29 is 14.5 Å². The maximum Gasteiger partial charge on any atom is 0.433 e. The van der Waals surface area contributed by atoms with Crippen LogP contribution in [-0.2, 0) is 0 Å². The van der Waals surface area contributed by atoms with Gasteiger partial charge in [-0.1, -0.05) is 22.9 Å². The summed E-state index contributed by atoms with van der Waals surface area (Å²) in [6, 6.07) is 10.4. The zero-order valence-electron chi connectivity index (χ0n) is 12.1. The van der Waals surface area contributed by atoms with Crippen molar-refractivity contribution in [2.45, 2.75) is 6.92 Å². The molecule has 23 heavy (non-hydrogen) atoms. The average Bonchev–Trinajstić information content (AvgIpc) is 3.15. The molecule has 116 valence electrons. The first-order valence-corrected chi connectivity index (χ1v) is 6.67. The fourth-order valence-electron chi connectivity index (χ4n) is 2.12. The third kappa shape index (κ3) is 2.82. The summed E-state index contributed by atoms with van der Waals surface area (Å²) in [5, 5.41) is 26.9. The molecule has 0 saturated heterocycles. The molecule has 0 atom stereocenters. The summed E-state index contributed by atoms with van der Waals surface area (Å²) in [7, 11) is 0. The normalized spacial score (nSPS) is 11.2. The molecular weight excluding hydrogens is 300 g/mol. The minimum atomic E-state index is -0.625. The van der Waals surface area contributed by atoms with Gasteiger partial charge in [0.2, 0.25) is 0 Å². The van der Waals surface area contributed by atoms with Gasteiger partial charge in [-0.25, -0.2) is 4.68 Å². The van der Waals surface area contributed by atoms with Crippen molar-refractivity contribution in [2.24, 2.45) is 5.16 Å². The fraction of sp³-hybridized carbons (Fsp3) is 0.0667. The Morgan fingerprint density at radius 1 is 1.30 bits per heavy atom. The highest BCUT2D eigenvalue weighted by atomic mass is 16.6. The summed E-state index contributed by atoms with van der Waals surface area (Å²) in [4.78, 5) is 10.1. The topological polar surface area (TPSA) is 107 Å². The lowest BCUT2D eigenvalue weighted by molar-refractivity contribution is -0.401. The third-order valence-electron chi connectivity index (χ3n) is 3.24. The number of hydrogen-bond donors (Lipinski definition) is 1. The highest BCUT2D eigenvalue weighted by Crippen LogP contribution is 2.27. The molecule has 1 aromatic carbocycles. The summed E-state index contributed by atoms with van der Waals surface area (Å²) in [6.45, 7) is 1.98. The van der Waals surface area contributed by atoms with Crippen molar-refractivity contribution in [1.29, 1.82) is 0 Å². The number of furan rings is 1. The Morgan fingerprint density at radius 3 is 2.65 bits per heavy atom. The van der Waals surface area contributed by atoms with Crippen molar-refractivity contribution >= 4 is 12.1 Å². The molecule has 2 aromatic heterocycles. The Labute approximate surface area is 130 Å². The van der Waals surface area contributed by atoms with Crippen molar-refractivity contribution in [1.82, 2.24) is 9.78 Å². The van der Waals surface area contributed by atoms with Crippen LogP contribution in [0, 0.1) is 17.0 Å². The van der Waals surface area contributed by atoms with Gasteiger partial charge >= 0.3 is 5.88 Å². The molecule has 0 aliphatic rings. The lowest BCUT2D eigenvalue weighted by Crippen LogP contribution is -1.94. The Balaban J connectivity index is 2.08. The zero-order chi connectivity index (χ0) is 16.4. The molecule has 0 aliphatic heterocycles. The van der Waals surface area contributed by atoms with E-state index in [-0.39, 0.29) is 11.6 Å². The number of oxime groups is 1. The second-order valence-corrected chi connectivity index (χ2v) is 4.85. The summed E-state index contributed by atoms with van der Waals surface area (Å²) >= 11 is 0. The van der Waals surface area contributed by atoms with E-state index in [1.165, 1.54) is 18.3 Å². The highest BCUT2D eigenvalue weighted by molar-refractivity contribution is 5.87. The molecule has 2 heterocycles. The number of benzene rings is 1. The summed E-state index contributed by atoms with van der Waals surface area (Å²) in [5.74, 6) is -0.158. The standard InChI is InChI=1S/C15H12N4O4/c1-10-2-4-12(5-3-10)18-9-11(8-16-20)15(17-18)13-6-7-14(23-13)19(21)22/h2-9,20H,1H3. The predicted octanol–water partition coefficient (Wildman–Crippen LogP) is 3.16. The van der Waals surface area contributed by atoms with Crippen LogP contribution < -0.4 is 0 Å². The van der Waals surface area contributed by atoms with Crippen LogP contribution in [-0.4, -0.2) is 26.1 Å². The smallest absolute Gasteiger partial charge is 0.411 e. The van der Waals surface area contributed by atoms with Crippen LogP contribution in [0.2, 0.25) is 0 Å². The van der Waals surface area contributed by atoms with Gasteiger partial charge in [-0.2, -0.15) is 5.10 Å². The van der Waals surface area contributed by atoms with E-state index in [4.69, 9.17) is 9.62 Å². The van der Waals surface area contributed by atoms with E-state index in [1.54, 1.807) is 10.9 Å². The molecule has 0 bridgehead atoms. The first kappa shape index (κ1) is 14.5. The molecule has 0 saturated carbocycles. The minimum absolute atomic E-state index is 0.220. The number of aromatic nitrogens is 2. The second kappa shape index (κ2) is 5.76. The Kier molecular flexibility index (Phi) is 3.63. The molecule has 0 aliphatic carbocycles. The van der Waals surface area contributed by atoms with E-state index < -0.39 is 4.92 Å². The zero-order valence-corrected chi connectivity index (χ0v) is 12.1. The quantitative estimate of drug-likeness (QED) is 0.344. The van der Waals surface area contributed by atoms with Gasteiger partial charge in [0.05, 0.1) is 18.0 Å². The van der Waals surface area contributed by atoms with E-state index in [9.17, 15) is 10.1 Å². The number of nitrogens with zero attached hydrogens (tertiary/aromatic N) is 4. The second-order valence-electron chi connectivity index (χ2n) is 4.85. The van der Waals surface area contributed by atoms with Crippen molar-refractivity contribution in [3.63, 3.8) is 0 Å². The largest absolute Gasteiger partial charge is 0.433 e. The van der Waals surface area contributed by atoms with Gasteiger partial charge in [0, 0.05) is 11.8 Å². The Hall–Kier alpha value is -3.42. The van der Waals surface area contributed by atoms with Gasteiger partial charge in [-0.3, -0.25) is 10.1 Å². The van der Waals surface area contributed by atoms with Crippen LogP contribution in [0.5, 0.6) is 0 Å². The van der Waals surface area contributed by atoms with Crippen molar-refractivity contribution in [2.75, 3.05) is 0 Å². The molecule has 8 nitrogen and oxygen atoms in total. The van der Waals surface area contributed by atoms with Crippen LogP contribution >= 0.6 is 0 Å². The van der Waals surface area contributed by atoms with E-state index in [0.717, 1.165) is 11.3 Å². The first-order chi connectivity index (χ1) is 11.1. The van der Waals surface area contributed by atoms with Crippen LogP contribution in [0.3, 0.4) is 0 Å². The van der Waals surface area contributed by atoms with E-state index in [0.29, 0.717) is 11.3 Å². The number of hydrogen-bond acceptors (Lipinski definition) is 6. The number of rotatable bonds is 4. The summed E-state index contributed by atoms with van der Waals surface area (Å²) < 4.78 is 6.75. The fourth-order valence-corrected chi connectivity index (χ4v) is 2.12. The van der Waals surface area contributed by atoms with Gasteiger partial charge in [0.25, 0.3) is 0 Å². The molecule has 0 radical (unpaired) electrons. The van der Waals surface area contributed by atoms with Gasteiger partial charge < -0.3 is 9.62 Å². The first-order valence-electron chi connectivity index (χ1n) is 6.67. The molecule has 0 amide bonds. The van der Waals surface area contributed by atoms with Crippen LogP contribution in [0.25, 0.3) is 17.1 Å². The monoisotopic (exact) mass is 312 g/mol. The molecular formula is C15H12N4O4. The Morgan fingerprint density at radius 2 is 2.04 bits per heavy atom. The number of nitro groups is 1. The van der Waals surface area contributed by atoms with Gasteiger partial charge in [0.15, 0.2) is 5.76 Å². The van der Waals surface area contributed by atoms with Gasteiger partial charge in [-0.05, 0) is 25.1 Å². The average molecular weight is 312 g/mol. The van der Waals surface area contributed by atoms with Gasteiger partial charge in [-0.15, -0.1) is 0 Å². The lowest BCUT2D eigenvalue weighted by atomic mass is 10.2. The molecule has 1 N–H and O–H groups in total. The van der Waals surface area contributed by atoms with Crippen molar-refractivity contribution in [3.8, 4) is 17.1 Å². The molecule has 0 spiro atoms. The summed E-state index contributed by atoms with van der Waals surface area (Å²) in [5.41, 5.74) is 2.73. The lowest BCUT2D eigenvalue weighted by Gasteiger charge is -2.00. The van der Waals surface area contributed by atoms with Crippen LogP contribution in [0.4, 0.5) is 5.88 Å². The highest BCUT2D eigenvalue weighted by Gasteiger charge is 2.18. The van der Waals surface area contributed by atoms with Crippen LogP contribution in [0.1, 0.15) is 11.1 Å². The van der Waals surface area contributed by atoms with E-state index in [2.05, 4.69) is 10.3 Å². The molecule has 0 fully saturated rings. The van der Waals surface area contributed by atoms with Gasteiger partial charge in [0.1, 0.15) is 10.6 Å². The van der Waals surface area contributed by atoms with Crippen LogP contribution in [0.15, 0.2) is 52.2 Å². The SMILES string of the molecule is Cc1ccc(-n2cc(C=NO)c(-c3ccc([N+](=O)[O-])o3)n2)cc1. The predicted molar refractivity (Wildman–Crippen MR) is 82.0 cm³/mol. The minimum Gasteiger partial charge on any atom is -0.411 e. The van der Waals surface area contributed by atoms with E-state index in [1.807, 2.05) is 31.2 Å². The number of aryl methyl sites for hydroxylation is 1. The third-order valence-corrected chi connectivity index (χ3v) is 3.24. The van der Waals surface area contributed by atoms with E-state index >= 15 is 0 Å². The molecule has 0 unspecified atom stereocenters. The maximum atomic E-state index is 10.7. The Bertz CT molecular complexity index is 877. The van der Waals surface area contributed by atoms with Crippen molar-refractivity contribution in [3.05, 3.63) is 63.8 Å². The summed E-state index contributed by atoms with van der Waals surface area (Å²) in [6.07, 6.45) is 2.84. The maximum absolute atomic E-state index is 10.7. The molecule has 3 rings (SSSR count). The molecule has 3 aromatic rings.